The van der Waals surface area contributed by atoms with Crippen LogP contribution in [0.4, 0.5) is 4.79 Å². The van der Waals surface area contributed by atoms with Gasteiger partial charge in [0.2, 0.25) is 5.91 Å². The quantitative estimate of drug-likeness (QED) is 0.487. The summed E-state index contributed by atoms with van der Waals surface area (Å²) in [5, 5.41) is 22.9. The van der Waals surface area contributed by atoms with Crippen LogP contribution < -0.4 is 10.6 Å². The predicted octanol–water partition coefficient (Wildman–Crippen LogP) is 2.11. The summed E-state index contributed by atoms with van der Waals surface area (Å²) < 4.78 is 5.43. The Hall–Kier alpha value is -3.39. The van der Waals surface area contributed by atoms with Crippen LogP contribution in [-0.4, -0.2) is 54.0 Å². The molecule has 2 atom stereocenters. The second-order valence-electron chi connectivity index (χ2n) is 7.54. The Morgan fingerprint density at radius 2 is 1.58 bits per heavy atom. The number of carboxylic acid groups (broad SMARTS) is 1. The SMILES string of the molecule is CC(CNC(=O)OCC1c2ccccc2-c2ccccc21)C(=O)NCCC(O)C(=O)O. The molecule has 31 heavy (non-hydrogen) atoms. The monoisotopic (exact) mass is 426 g/mol. The lowest BCUT2D eigenvalue weighted by Crippen LogP contribution is -2.39. The number of carbonyl (C=O) groups is 3. The Morgan fingerprint density at radius 3 is 2.16 bits per heavy atom. The first-order valence-electron chi connectivity index (χ1n) is 10.2. The summed E-state index contributed by atoms with van der Waals surface area (Å²) in [4.78, 5) is 34.7. The van der Waals surface area contributed by atoms with Crippen LogP contribution in [0.15, 0.2) is 48.5 Å². The molecule has 164 valence electrons. The van der Waals surface area contributed by atoms with E-state index in [-0.39, 0.29) is 37.9 Å². The normalized spacial score (nSPS) is 14.1. The molecule has 0 heterocycles. The molecule has 4 N–H and O–H groups in total. The molecule has 0 aliphatic heterocycles. The molecule has 0 fully saturated rings. The molecule has 1 aliphatic rings. The fourth-order valence-corrected chi connectivity index (χ4v) is 3.61. The highest BCUT2D eigenvalue weighted by Gasteiger charge is 2.29. The molecule has 2 unspecified atom stereocenters. The van der Waals surface area contributed by atoms with E-state index >= 15 is 0 Å². The first-order valence-corrected chi connectivity index (χ1v) is 10.2. The molecule has 0 saturated carbocycles. The maximum Gasteiger partial charge on any atom is 0.407 e. The number of carbonyl (C=O) groups excluding carboxylic acids is 2. The van der Waals surface area contributed by atoms with Crippen molar-refractivity contribution >= 4 is 18.0 Å². The molecule has 8 nitrogen and oxygen atoms in total. The van der Waals surface area contributed by atoms with Crippen LogP contribution in [0.1, 0.15) is 30.4 Å². The van der Waals surface area contributed by atoms with E-state index in [1.54, 1.807) is 6.92 Å². The number of rotatable bonds is 9. The number of nitrogens with one attached hydrogen (secondary N) is 2. The van der Waals surface area contributed by atoms with E-state index in [1.165, 1.54) is 0 Å². The molecule has 2 amide bonds. The maximum atomic E-state index is 12.2. The van der Waals surface area contributed by atoms with Gasteiger partial charge in [-0.3, -0.25) is 4.79 Å². The van der Waals surface area contributed by atoms with Crippen molar-refractivity contribution in [2.45, 2.75) is 25.4 Å². The molecule has 3 rings (SSSR count). The van der Waals surface area contributed by atoms with Crippen LogP contribution in [0, 0.1) is 5.92 Å². The number of hydrogen-bond acceptors (Lipinski definition) is 5. The molecular formula is C23H26N2O6. The lowest BCUT2D eigenvalue weighted by atomic mass is 9.98. The average Bonchev–Trinajstić information content (AvgIpc) is 3.09. The number of carboxylic acids is 1. The van der Waals surface area contributed by atoms with Crippen molar-refractivity contribution in [3.05, 3.63) is 59.7 Å². The van der Waals surface area contributed by atoms with Gasteiger partial charge < -0.3 is 25.6 Å². The van der Waals surface area contributed by atoms with E-state index in [2.05, 4.69) is 22.8 Å². The van der Waals surface area contributed by atoms with Gasteiger partial charge in [0.05, 0.1) is 5.92 Å². The Labute approximate surface area is 180 Å². The highest BCUT2D eigenvalue weighted by molar-refractivity contribution is 5.80. The molecule has 2 aromatic carbocycles. The summed E-state index contributed by atoms with van der Waals surface area (Å²) in [5.74, 6) is -2.27. The van der Waals surface area contributed by atoms with Crippen molar-refractivity contribution in [1.82, 2.24) is 10.6 Å². The van der Waals surface area contributed by atoms with Crippen LogP contribution in [-0.2, 0) is 14.3 Å². The van der Waals surface area contributed by atoms with Crippen molar-refractivity contribution < 1.29 is 29.3 Å². The van der Waals surface area contributed by atoms with Gasteiger partial charge >= 0.3 is 12.1 Å². The van der Waals surface area contributed by atoms with Gasteiger partial charge in [0.15, 0.2) is 6.10 Å². The van der Waals surface area contributed by atoms with Crippen molar-refractivity contribution in [2.24, 2.45) is 5.92 Å². The largest absolute Gasteiger partial charge is 0.479 e. The molecule has 0 radical (unpaired) electrons. The Kier molecular flexibility index (Phi) is 7.25. The lowest BCUT2D eigenvalue weighted by molar-refractivity contribution is -0.147. The number of aliphatic hydroxyl groups is 1. The van der Waals surface area contributed by atoms with Gasteiger partial charge in [-0.1, -0.05) is 55.5 Å². The Morgan fingerprint density at radius 1 is 1.00 bits per heavy atom. The summed E-state index contributed by atoms with van der Waals surface area (Å²) >= 11 is 0. The molecule has 0 spiro atoms. The van der Waals surface area contributed by atoms with E-state index in [9.17, 15) is 19.5 Å². The molecule has 8 heteroatoms. The van der Waals surface area contributed by atoms with E-state index in [0.717, 1.165) is 22.3 Å². The zero-order chi connectivity index (χ0) is 22.4. The van der Waals surface area contributed by atoms with Gasteiger partial charge in [-0.05, 0) is 22.3 Å². The molecule has 0 bridgehead atoms. The average molecular weight is 426 g/mol. The lowest BCUT2D eigenvalue weighted by Gasteiger charge is -2.16. The minimum Gasteiger partial charge on any atom is -0.479 e. The molecular weight excluding hydrogens is 400 g/mol. The van der Waals surface area contributed by atoms with Crippen LogP contribution >= 0.6 is 0 Å². The molecule has 0 saturated heterocycles. The van der Waals surface area contributed by atoms with Gasteiger partial charge in [0, 0.05) is 25.4 Å². The summed E-state index contributed by atoms with van der Waals surface area (Å²) in [6.45, 7) is 1.92. The van der Waals surface area contributed by atoms with E-state index < -0.39 is 24.1 Å². The number of aliphatic carboxylic acids is 1. The predicted molar refractivity (Wildman–Crippen MR) is 114 cm³/mol. The van der Waals surface area contributed by atoms with Crippen LogP contribution in [0.5, 0.6) is 0 Å². The highest BCUT2D eigenvalue weighted by atomic mass is 16.5. The zero-order valence-electron chi connectivity index (χ0n) is 17.2. The third-order valence-electron chi connectivity index (χ3n) is 5.35. The summed E-state index contributed by atoms with van der Waals surface area (Å²) in [7, 11) is 0. The standard InChI is InChI=1S/C23H26N2O6/c1-14(21(27)24-11-10-20(26)22(28)29)12-25-23(30)31-13-19-17-8-4-2-6-15(17)16-7-3-5-9-18(16)19/h2-9,14,19-20,26H,10-13H2,1H3,(H,24,27)(H,25,30)(H,28,29). The number of fused-ring (bicyclic) bond motifs is 3. The summed E-state index contributed by atoms with van der Waals surface area (Å²) in [6, 6.07) is 16.1. The van der Waals surface area contributed by atoms with Crippen LogP contribution in [0.3, 0.4) is 0 Å². The number of amides is 2. The second kappa shape index (κ2) is 10.1. The van der Waals surface area contributed by atoms with E-state index in [1.807, 2.05) is 36.4 Å². The fourth-order valence-electron chi connectivity index (χ4n) is 3.61. The first kappa shape index (κ1) is 22.3. The van der Waals surface area contributed by atoms with Gasteiger partial charge in [0.25, 0.3) is 0 Å². The van der Waals surface area contributed by atoms with E-state index in [4.69, 9.17) is 9.84 Å². The van der Waals surface area contributed by atoms with Gasteiger partial charge in [-0.15, -0.1) is 0 Å². The fraction of sp³-hybridized carbons (Fsp3) is 0.348. The van der Waals surface area contributed by atoms with Crippen LogP contribution in [0.2, 0.25) is 0 Å². The topological polar surface area (TPSA) is 125 Å². The highest BCUT2D eigenvalue weighted by Crippen LogP contribution is 2.44. The number of ether oxygens (including phenoxy) is 1. The van der Waals surface area contributed by atoms with Gasteiger partial charge in [-0.25, -0.2) is 9.59 Å². The Balaban J connectivity index is 1.45. The second-order valence-corrected chi connectivity index (χ2v) is 7.54. The minimum atomic E-state index is -1.52. The third-order valence-corrected chi connectivity index (χ3v) is 5.35. The smallest absolute Gasteiger partial charge is 0.407 e. The van der Waals surface area contributed by atoms with E-state index in [0.29, 0.717) is 0 Å². The molecule has 1 aliphatic carbocycles. The summed E-state index contributed by atoms with van der Waals surface area (Å²) in [6.07, 6.45) is -2.22. The maximum absolute atomic E-state index is 12.2. The van der Waals surface area contributed by atoms with Crippen LogP contribution in [0.25, 0.3) is 11.1 Å². The number of benzene rings is 2. The van der Waals surface area contributed by atoms with Crippen molar-refractivity contribution in [1.29, 1.82) is 0 Å². The molecule has 2 aromatic rings. The third kappa shape index (κ3) is 5.40. The minimum absolute atomic E-state index is 0.0293. The summed E-state index contributed by atoms with van der Waals surface area (Å²) in [5.41, 5.74) is 4.52. The number of alkyl carbamates (subject to hydrolysis) is 1. The van der Waals surface area contributed by atoms with Crippen molar-refractivity contribution in [3.8, 4) is 11.1 Å². The van der Waals surface area contributed by atoms with Gasteiger partial charge in [0.1, 0.15) is 6.61 Å². The Bertz CT molecular complexity index is 915. The molecule has 0 aromatic heterocycles. The first-order chi connectivity index (χ1) is 14.9. The van der Waals surface area contributed by atoms with Crippen molar-refractivity contribution in [3.63, 3.8) is 0 Å². The number of hydrogen-bond donors (Lipinski definition) is 4. The van der Waals surface area contributed by atoms with Gasteiger partial charge in [-0.2, -0.15) is 0 Å². The van der Waals surface area contributed by atoms with Crippen molar-refractivity contribution in [2.75, 3.05) is 19.7 Å². The zero-order valence-corrected chi connectivity index (χ0v) is 17.2. The number of aliphatic hydroxyl groups excluding tert-OH is 1.